The molecule has 1 heterocycles. The van der Waals surface area contributed by atoms with Gasteiger partial charge in [-0.15, -0.1) is 0 Å². The van der Waals surface area contributed by atoms with Crippen molar-refractivity contribution in [3.05, 3.63) is 104 Å². The van der Waals surface area contributed by atoms with Crippen LogP contribution in [0.5, 0.6) is 0 Å². The highest BCUT2D eigenvalue weighted by Gasteiger charge is 2.14. The Labute approximate surface area is 165 Å². The van der Waals surface area contributed by atoms with Gasteiger partial charge in [0, 0.05) is 29.6 Å². The quantitative estimate of drug-likeness (QED) is 0.394. The average molecular weight is 391 g/mol. The van der Waals surface area contributed by atoms with Gasteiger partial charge in [-0.3, -0.25) is 24.5 Å². The first kappa shape index (κ1) is 19.7. The summed E-state index contributed by atoms with van der Waals surface area (Å²) in [5.41, 5.74) is 0.958. The Balaban J connectivity index is 1.81. The molecule has 2 aromatic carbocycles. The number of non-ortho nitro benzene ring substituents is 1. The van der Waals surface area contributed by atoms with Crippen molar-refractivity contribution >= 4 is 23.1 Å². The minimum atomic E-state index is -0.589. The van der Waals surface area contributed by atoms with Crippen molar-refractivity contribution < 1.29 is 14.5 Å². The molecule has 0 unspecified atom stereocenters. The Morgan fingerprint density at radius 2 is 1.79 bits per heavy atom. The van der Waals surface area contributed by atoms with Gasteiger partial charge in [0.15, 0.2) is 5.78 Å². The molecule has 0 radical (unpaired) electrons. The van der Waals surface area contributed by atoms with Crippen LogP contribution in [0.15, 0.2) is 71.7 Å². The Bertz CT molecular complexity index is 1150. The minimum Gasteiger partial charge on any atom is -0.322 e. The molecule has 0 atom stereocenters. The molecule has 3 aromatic rings. The van der Waals surface area contributed by atoms with E-state index in [4.69, 9.17) is 0 Å². The van der Waals surface area contributed by atoms with Crippen LogP contribution in [0.25, 0.3) is 0 Å². The Hall–Kier alpha value is -4.07. The highest BCUT2D eigenvalue weighted by molar-refractivity contribution is 6.04. The van der Waals surface area contributed by atoms with E-state index in [9.17, 15) is 24.5 Å². The highest BCUT2D eigenvalue weighted by atomic mass is 16.6. The number of benzene rings is 2. The number of carbonyl (C=O) groups excluding carboxylic acids is 2. The lowest BCUT2D eigenvalue weighted by Gasteiger charge is -2.09. The number of aromatic nitrogens is 1. The maximum Gasteiger partial charge on any atom is 0.269 e. The smallest absolute Gasteiger partial charge is 0.269 e. The minimum absolute atomic E-state index is 0.0398. The number of hydrogen-bond acceptors (Lipinski definition) is 5. The van der Waals surface area contributed by atoms with Gasteiger partial charge in [0.2, 0.25) is 0 Å². The average Bonchev–Trinajstić information content (AvgIpc) is 2.70. The molecule has 1 N–H and O–H groups in total. The maximum atomic E-state index is 12.7. The molecule has 0 spiro atoms. The summed E-state index contributed by atoms with van der Waals surface area (Å²) < 4.78 is 1.35. The van der Waals surface area contributed by atoms with Gasteiger partial charge in [0.05, 0.1) is 11.5 Å². The van der Waals surface area contributed by atoms with Crippen molar-refractivity contribution in [2.24, 2.45) is 0 Å². The topological polar surface area (TPSA) is 111 Å². The lowest BCUT2D eigenvalue weighted by molar-refractivity contribution is -0.384. The number of hydrogen-bond donors (Lipinski definition) is 1. The maximum absolute atomic E-state index is 12.7. The number of amides is 1. The van der Waals surface area contributed by atoms with E-state index < -0.39 is 16.4 Å². The van der Waals surface area contributed by atoms with Crippen molar-refractivity contribution in [3.63, 3.8) is 0 Å². The molecule has 0 aliphatic carbocycles. The molecule has 0 aliphatic heterocycles. The number of nitrogens with one attached hydrogen (secondary N) is 1. The highest BCUT2D eigenvalue weighted by Crippen LogP contribution is 2.14. The summed E-state index contributed by atoms with van der Waals surface area (Å²) in [5, 5.41) is 13.4. The lowest BCUT2D eigenvalue weighted by atomic mass is 10.1. The summed E-state index contributed by atoms with van der Waals surface area (Å²) in [5.74, 6) is -0.722. The van der Waals surface area contributed by atoms with Crippen LogP contribution in [0.2, 0.25) is 0 Å². The van der Waals surface area contributed by atoms with Crippen molar-refractivity contribution in [3.8, 4) is 0 Å². The first-order valence-electron chi connectivity index (χ1n) is 8.70. The Kier molecular flexibility index (Phi) is 5.64. The number of pyridine rings is 1. The van der Waals surface area contributed by atoms with E-state index in [1.54, 1.807) is 42.5 Å². The lowest BCUT2D eigenvalue weighted by Crippen LogP contribution is -2.29. The molecule has 8 heteroatoms. The van der Waals surface area contributed by atoms with Crippen molar-refractivity contribution in [2.45, 2.75) is 13.5 Å². The second-order valence-corrected chi connectivity index (χ2v) is 6.37. The fourth-order valence-electron chi connectivity index (χ4n) is 2.77. The van der Waals surface area contributed by atoms with Crippen molar-refractivity contribution in [1.82, 2.24) is 4.57 Å². The number of nitro benzene ring substituents is 1. The summed E-state index contributed by atoms with van der Waals surface area (Å²) >= 11 is 0. The molecule has 8 nitrogen and oxygen atoms in total. The van der Waals surface area contributed by atoms with Crippen LogP contribution in [0.3, 0.4) is 0 Å². The van der Waals surface area contributed by atoms with Gasteiger partial charge in [-0.25, -0.2) is 0 Å². The molecule has 0 saturated heterocycles. The molecule has 1 aromatic heterocycles. The number of rotatable bonds is 6. The van der Waals surface area contributed by atoms with Crippen molar-refractivity contribution in [1.29, 1.82) is 0 Å². The largest absolute Gasteiger partial charge is 0.322 e. The van der Waals surface area contributed by atoms with Crippen molar-refractivity contribution in [2.75, 3.05) is 5.32 Å². The number of nitrogens with zero attached hydrogens (tertiary/aromatic N) is 2. The van der Waals surface area contributed by atoms with E-state index in [1.807, 2.05) is 0 Å². The van der Waals surface area contributed by atoms with Gasteiger partial charge in [-0.05, 0) is 36.8 Å². The SMILES string of the molecule is CC(=O)c1cccc(NC(=O)c2cccn(Cc3ccc([N+](=O)[O-])cc3)c2=O)c1. The fraction of sp³-hybridized carbons (Fsp3) is 0.0952. The van der Waals surface area contributed by atoms with E-state index in [-0.39, 0.29) is 23.6 Å². The molecule has 0 aliphatic rings. The van der Waals surface area contributed by atoms with E-state index >= 15 is 0 Å². The summed E-state index contributed by atoms with van der Waals surface area (Å²) in [6, 6.07) is 15.3. The van der Waals surface area contributed by atoms with Crippen LogP contribution in [0.4, 0.5) is 11.4 Å². The predicted molar refractivity (Wildman–Crippen MR) is 107 cm³/mol. The summed E-state index contributed by atoms with van der Waals surface area (Å²) in [7, 11) is 0. The zero-order valence-corrected chi connectivity index (χ0v) is 15.5. The summed E-state index contributed by atoms with van der Waals surface area (Å²) in [4.78, 5) is 47.0. The van der Waals surface area contributed by atoms with Gasteiger partial charge >= 0.3 is 0 Å². The van der Waals surface area contributed by atoms with E-state index in [0.29, 0.717) is 16.8 Å². The molecule has 29 heavy (non-hydrogen) atoms. The first-order valence-corrected chi connectivity index (χ1v) is 8.70. The monoisotopic (exact) mass is 391 g/mol. The second-order valence-electron chi connectivity index (χ2n) is 6.37. The van der Waals surface area contributed by atoms with E-state index in [1.165, 1.54) is 35.9 Å². The molecule has 0 bridgehead atoms. The van der Waals surface area contributed by atoms with Gasteiger partial charge in [-0.2, -0.15) is 0 Å². The third kappa shape index (κ3) is 4.62. The molecule has 146 valence electrons. The fourth-order valence-corrected chi connectivity index (χ4v) is 2.77. The molecule has 0 fully saturated rings. The summed E-state index contributed by atoms with van der Waals surface area (Å²) in [6.45, 7) is 1.59. The molecule has 1 amide bonds. The molecule has 0 saturated carbocycles. The van der Waals surface area contributed by atoms with Crippen LogP contribution in [0.1, 0.15) is 33.2 Å². The van der Waals surface area contributed by atoms with Gasteiger partial charge in [0.25, 0.3) is 17.2 Å². The molecular weight excluding hydrogens is 374 g/mol. The van der Waals surface area contributed by atoms with Crippen LogP contribution >= 0.6 is 0 Å². The first-order chi connectivity index (χ1) is 13.8. The Morgan fingerprint density at radius 1 is 1.07 bits per heavy atom. The van der Waals surface area contributed by atoms with Crippen LogP contribution < -0.4 is 10.9 Å². The standard InChI is InChI=1S/C21H17N3O5/c1-14(25)16-4-2-5-17(12-16)22-20(26)19-6-3-11-23(21(19)27)13-15-7-9-18(10-8-15)24(28)29/h2-12H,13H2,1H3,(H,22,26). The van der Waals surface area contributed by atoms with Gasteiger partial charge in [-0.1, -0.05) is 24.3 Å². The molecule has 3 rings (SSSR count). The van der Waals surface area contributed by atoms with Crippen LogP contribution in [-0.4, -0.2) is 21.2 Å². The zero-order valence-electron chi connectivity index (χ0n) is 15.5. The summed E-state index contributed by atoms with van der Waals surface area (Å²) in [6.07, 6.45) is 1.54. The molecular formula is C21H17N3O5. The van der Waals surface area contributed by atoms with Crippen LogP contribution in [-0.2, 0) is 6.54 Å². The van der Waals surface area contributed by atoms with Gasteiger partial charge in [0.1, 0.15) is 5.56 Å². The second kappa shape index (κ2) is 8.30. The van der Waals surface area contributed by atoms with E-state index in [2.05, 4.69) is 5.32 Å². The van der Waals surface area contributed by atoms with E-state index in [0.717, 1.165) is 0 Å². The number of nitro groups is 1. The predicted octanol–water partition coefficient (Wildman–Crippen LogP) is 3.26. The number of anilines is 1. The zero-order chi connectivity index (χ0) is 21.0. The third-order valence-corrected chi connectivity index (χ3v) is 4.29. The third-order valence-electron chi connectivity index (χ3n) is 4.29. The Morgan fingerprint density at radius 3 is 2.45 bits per heavy atom. The van der Waals surface area contributed by atoms with Crippen LogP contribution in [0, 0.1) is 10.1 Å². The number of ketones is 1. The normalized spacial score (nSPS) is 10.4. The number of carbonyl (C=O) groups is 2. The van der Waals surface area contributed by atoms with Gasteiger partial charge < -0.3 is 9.88 Å². The number of Topliss-reactive ketones (excluding diaryl/α,β-unsaturated/α-hetero) is 1.